The van der Waals surface area contributed by atoms with E-state index < -0.39 is 17.7 Å². The van der Waals surface area contributed by atoms with Gasteiger partial charge in [-0.15, -0.1) is 0 Å². The third-order valence-corrected chi connectivity index (χ3v) is 5.40. The van der Waals surface area contributed by atoms with Crippen molar-refractivity contribution in [2.24, 2.45) is 0 Å². The molecule has 2 aromatic heterocycles. The Morgan fingerprint density at radius 2 is 1.94 bits per heavy atom. The summed E-state index contributed by atoms with van der Waals surface area (Å²) >= 11 is 12.6. The Bertz CT molecular complexity index is 1230. The first-order chi connectivity index (χ1) is 15.4. The number of halogens is 2. The molecule has 0 aliphatic carbocycles. The third kappa shape index (κ3) is 5.51. The van der Waals surface area contributed by atoms with E-state index in [1.54, 1.807) is 52.1 Å². The summed E-state index contributed by atoms with van der Waals surface area (Å²) in [4.78, 5) is 28.6. The number of methoxy groups -OCH3 is 1. The van der Waals surface area contributed by atoms with Gasteiger partial charge in [-0.05, 0) is 39.8 Å². The van der Waals surface area contributed by atoms with E-state index in [1.165, 1.54) is 11.7 Å². The normalized spacial score (nSPS) is 11.5. The van der Waals surface area contributed by atoms with Gasteiger partial charge in [0.15, 0.2) is 0 Å². The van der Waals surface area contributed by atoms with E-state index in [2.05, 4.69) is 10.3 Å². The Kier molecular flexibility index (Phi) is 7.09. The molecule has 0 unspecified atom stereocenters. The molecule has 10 heteroatoms. The molecule has 0 bridgehead atoms. The van der Waals surface area contributed by atoms with Crippen molar-refractivity contribution in [3.8, 4) is 17.0 Å². The average molecular weight is 494 g/mol. The lowest BCUT2D eigenvalue weighted by Gasteiger charge is -2.21. The van der Waals surface area contributed by atoms with Crippen molar-refractivity contribution < 1.29 is 24.2 Å². The third-order valence-electron chi connectivity index (χ3n) is 4.85. The standard InChI is InChI=1S/C23H25Cl2N3O5/c1-12-15(9-26-22(31)33-23(2,3)4)19(14-7-6-13(24)8-17(14)25)16-10-28(11-18(29)32-5)21(30)20(16)27-12/h6-8,10,30H,9,11H2,1-5H3,(H,26,31). The molecule has 0 saturated heterocycles. The first-order valence-corrected chi connectivity index (χ1v) is 10.9. The number of nitrogens with zero attached hydrogens (tertiary/aromatic N) is 2. The number of alkyl carbamates (subject to hydrolysis) is 1. The molecule has 0 radical (unpaired) electrons. The maximum atomic E-state index is 12.3. The van der Waals surface area contributed by atoms with Crippen LogP contribution >= 0.6 is 23.2 Å². The fourth-order valence-corrected chi connectivity index (χ4v) is 3.92. The van der Waals surface area contributed by atoms with E-state index in [1.807, 2.05) is 0 Å². The molecular weight excluding hydrogens is 469 g/mol. The number of aryl methyl sites for hydroxylation is 1. The van der Waals surface area contributed by atoms with Crippen LogP contribution in [-0.4, -0.2) is 39.4 Å². The molecule has 2 heterocycles. The summed E-state index contributed by atoms with van der Waals surface area (Å²) in [5.74, 6) is -0.711. The molecular formula is C23H25Cl2N3O5. The molecule has 0 saturated carbocycles. The van der Waals surface area contributed by atoms with Gasteiger partial charge in [-0.1, -0.05) is 29.3 Å². The van der Waals surface area contributed by atoms with Gasteiger partial charge in [-0.2, -0.15) is 0 Å². The van der Waals surface area contributed by atoms with Crippen LogP contribution in [0.1, 0.15) is 32.0 Å². The fourth-order valence-electron chi connectivity index (χ4n) is 3.42. The molecule has 176 valence electrons. The Morgan fingerprint density at radius 1 is 1.24 bits per heavy atom. The zero-order valence-electron chi connectivity index (χ0n) is 19.0. The summed E-state index contributed by atoms with van der Waals surface area (Å²) in [5, 5.41) is 14.9. The number of aromatic nitrogens is 2. The van der Waals surface area contributed by atoms with Crippen LogP contribution in [0, 0.1) is 6.92 Å². The Labute approximate surface area is 201 Å². The van der Waals surface area contributed by atoms with Crippen LogP contribution in [-0.2, 0) is 27.4 Å². The summed E-state index contributed by atoms with van der Waals surface area (Å²) in [6.07, 6.45) is 1.02. The number of aromatic hydroxyl groups is 1. The molecule has 0 aliphatic heterocycles. The van der Waals surface area contributed by atoms with E-state index in [0.29, 0.717) is 43.3 Å². The van der Waals surface area contributed by atoms with Crippen molar-refractivity contribution in [3.63, 3.8) is 0 Å². The minimum absolute atomic E-state index is 0.0981. The highest BCUT2D eigenvalue weighted by Gasteiger charge is 2.23. The molecule has 0 fully saturated rings. The minimum atomic E-state index is -0.652. The fraction of sp³-hybridized carbons (Fsp3) is 0.348. The zero-order valence-corrected chi connectivity index (χ0v) is 20.5. The maximum absolute atomic E-state index is 12.3. The SMILES string of the molecule is COC(=O)Cn1cc2c(-c3ccc(Cl)cc3Cl)c(CNC(=O)OC(C)(C)C)c(C)nc2c1O. The lowest BCUT2D eigenvalue weighted by Crippen LogP contribution is -2.32. The van der Waals surface area contributed by atoms with Crippen molar-refractivity contribution in [1.82, 2.24) is 14.9 Å². The predicted octanol–water partition coefficient (Wildman–Crippen LogP) is 5.22. The summed E-state index contributed by atoms with van der Waals surface area (Å²) in [6, 6.07) is 5.06. The van der Waals surface area contributed by atoms with Gasteiger partial charge >= 0.3 is 12.1 Å². The van der Waals surface area contributed by atoms with Gasteiger partial charge in [-0.25, -0.2) is 9.78 Å². The van der Waals surface area contributed by atoms with Crippen LogP contribution in [0.4, 0.5) is 4.79 Å². The van der Waals surface area contributed by atoms with Gasteiger partial charge in [0.2, 0.25) is 5.88 Å². The molecule has 33 heavy (non-hydrogen) atoms. The van der Waals surface area contributed by atoms with Gasteiger partial charge in [0, 0.05) is 50.6 Å². The summed E-state index contributed by atoms with van der Waals surface area (Å²) in [6.45, 7) is 6.99. The number of benzene rings is 1. The smallest absolute Gasteiger partial charge is 0.407 e. The second kappa shape index (κ2) is 9.49. The highest BCUT2D eigenvalue weighted by atomic mass is 35.5. The van der Waals surface area contributed by atoms with Crippen LogP contribution in [0.3, 0.4) is 0 Å². The van der Waals surface area contributed by atoms with Crippen molar-refractivity contribution in [2.75, 3.05) is 7.11 Å². The number of rotatable bonds is 5. The molecule has 0 aliphatic rings. The first kappa shape index (κ1) is 24.7. The van der Waals surface area contributed by atoms with Crippen molar-refractivity contribution in [1.29, 1.82) is 0 Å². The first-order valence-electron chi connectivity index (χ1n) is 10.1. The molecule has 1 amide bonds. The second-order valence-corrected chi connectivity index (χ2v) is 9.29. The lowest BCUT2D eigenvalue weighted by atomic mass is 9.95. The maximum Gasteiger partial charge on any atom is 0.407 e. The minimum Gasteiger partial charge on any atom is -0.493 e. The average Bonchev–Trinajstić information content (AvgIpc) is 3.00. The molecule has 8 nitrogen and oxygen atoms in total. The van der Waals surface area contributed by atoms with Crippen LogP contribution in [0.2, 0.25) is 10.0 Å². The molecule has 1 aromatic carbocycles. The lowest BCUT2D eigenvalue weighted by molar-refractivity contribution is -0.141. The van der Waals surface area contributed by atoms with E-state index in [-0.39, 0.29) is 19.0 Å². The number of pyridine rings is 1. The number of esters is 1. The van der Waals surface area contributed by atoms with Crippen LogP contribution in [0.15, 0.2) is 24.4 Å². The molecule has 2 N–H and O–H groups in total. The van der Waals surface area contributed by atoms with E-state index in [4.69, 9.17) is 32.7 Å². The molecule has 0 atom stereocenters. The van der Waals surface area contributed by atoms with Crippen LogP contribution in [0.25, 0.3) is 22.0 Å². The number of amides is 1. The quantitative estimate of drug-likeness (QED) is 0.472. The van der Waals surface area contributed by atoms with Gasteiger partial charge in [0.1, 0.15) is 17.7 Å². The van der Waals surface area contributed by atoms with Crippen molar-refractivity contribution in [2.45, 2.75) is 46.4 Å². The summed E-state index contributed by atoms with van der Waals surface area (Å²) in [7, 11) is 1.27. The molecule has 0 spiro atoms. The Balaban J connectivity index is 2.19. The summed E-state index contributed by atoms with van der Waals surface area (Å²) < 4.78 is 11.4. The monoisotopic (exact) mass is 493 g/mol. The summed E-state index contributed by atoms with van der Waals surface area (Å²) in [5.41, 5.74) is 2.15. The largest absolute Gasteiger partial charge is 0.493 e. The number of ether oxygens (including phenoxy) is 2. The van der Waals surface area contributed by atoms with Crippen LogP contribution in [0.5, 0.6) is 5.88 Å². The van der Waals surface area contributed by atoms with E-state index in [0.717, 1.165) is 0 Å². The van der Waals surface area contributed by atoms with Gasteiger partial charge in [0.25, 0.3) is 0 Å². The number of hydrogen-bond acceptors (Lipinski definition) is 6. The Hall–Kier alpha value is -2.97. The number of fused-ring (bicyclic) bond motifs is 1. The van der Waals surface area contributed by atoms with Gasteiger partial charge < -0.3 is 24.5 Å². The second-order valence-electron chi connectivity index (χ2n) is 8.45. The van der Waals surface area contributed by atoms with Crippen molar-refractivity contribution in [3.05, 3.63) is 45.7 Å². The van der Waals surface area contributed by atoms with Gasteiger partial charge in [-0.3, -0.25) is 4.79 Å². The van der Waals surface area contributed by atoms with Crippen LogP contribution < -0.4 is 5.32 Å². The molecule has 3 aromatic rings. The number of carbonyl (C=O) groups is 2. The number of hydrogen-bond donors (Lipinski definition) is 2. The zero-order chi connectivity index (χ0) is 24.5. The van der Waals surface area contributed by atoms with Crippen molar-refractivity contribution >= 4 is 46.2 Å². The highest BCUT2D eigenvalue weighted by molar-refractivity contribution is 6.36. The van der Waals surface area contributed by atoms with E-state index >= 15 is 0 Å². The highest BCUT2D eigenvalue weighted by Crippen LogP contribution is 2.41. The number of nitrogens with one attached hydrogen (secondary N) is 1. The van der Waals surface area contributed by atoms with E-state index in [9.17, 15) is 14.7 Å². The molecule has 3 rings (SSSR count). The Morgan fingerprint density at radius 3 is 2.55 bits per heavy atom. The topological polar surface area (TPSA) is 103 Å². The predicted molar refractivity (Wildman–Crippen MR) is 127 cm³/mol. The number of carbonyl (C=O) groups excluding carboxylic acids is 2. The van der Waals surface area contributed by atoms with Gasteiger partial charge in [0.05, 0.1) is 7.11 Å².